The maximum Gasteiger partial charge on any atom is 0.160 e. The standard InChI is InChI=1S/C14H16ClNO/c1-10-12(15)6-4-7-13(10)16-9-11-5-2-3-8-14(11)17/h4,6-7,9,16H,2-3,5,8H2,1H3. The van der Waals surface area contributed by atoms with Gasteiger partial charge in [-0.1, -0.05) is 17.7 Å². The quantitative estimate of drug-likeness (QED) is 0.800. The molecule has 0 spiro atoms. The van der Waals surface area contributed by atoms with Crippen LogP contribution >= 0.6 is 11.6 Å². The first-order chi connectivity index (χ1) is 8.18. The van der Waals surface area contributed by atoms with Crippen LogP contribution in [0.25, 0.3) is 0 Å². The summed E-state index contributed by atoms with van der Waals surface area (Å²) in [5.41, 5.74) is 2.87. The molecule has 0 aromatic heterocycles. The maximum atomic E-state index is 11.6. The van der Waals surface area contributed by atoms with Gasteiger partial charge in [0.2, 0.25) is 0 Å². The van der Waals surface area contributed by atoms with Crippen LogP contribution in [-0.2, 0) is 4.79 Å². The summed E-state index contributed by atoms with van der Waals surface area (Å²) >= 11 is 6.04. The molecule has 0 unspecified atom stereocenters. The lowest BCUT2D eigenvalue weighted by Crippen LogP contribution is -2.10. The predicted octanol–water partition coefficient (Wildman–Crippen LogP) is 4.09. The molecule has 0 bridgehead atoms. The van der Waals surface area contributed by atoms with E-state index >= 15 is 0 Å². The Labute approximate surface area is 107 Å². The van der Waals surface area contributed by atoms with Gasteiger partial charge in [0.05, 0.1) is 0 Å². The van der Waals surface area contributed by atoms with Gasteiger partial charge in [0.25, 0.3) is 0 Å². The minimum atomic E-state index is 0.267. The highest BCUT2D eigenvalue weighted by Crippen LogP contribution is 2.24. The van der Waals surface area contributed by atoms with E-state index in [9.17, 15) is 4.79 Å². The Morgan fingerprint density at radius 3 is 2.82 bits per heavy atom. The summed E-state index contributed by atoms with van der Waals surface area (Å²) in [5.74, 6) is 0.267. The first kappa shape index (κ1) is 12.2. The molecule has 1 aromatic carbocycles. The molecule has 0 radical (unpaired) electrons. The second kappa shape index (κ2) is 5.37. The van der Waals surface area contributed by atoms with Crippen molar-refractivity contribution in [2.24, 2.45) is 0 Å². The average Bonchev–Trinajstić information content (AvgIpc) is 2.33. The molecule has 1 saturated carbocycles. The van der Waals surface area contributed by atoms with Crippen molar-refractivity contribution >= 4 is 23.1 Å². The van der Waals surface area contributed by atoms with Crippen LogP contribution < -0.4 is 5.32 Å². The number of halogens is 1. The Bertz CT molecular complexity index is 465. The molecule has 17 heavy (non-hydrogen) atoms. The molecule has 2 rings (SSSR count). The van der Waals surface area contributed by atoms with Crippen LogP contribution in [0.2, 0.25) is 5.02 Å². The zero-order valence-corrected chi connectivity index (χ0v) is 10.7. The van der Waals surface area contributed by atoms with Gasteiger partial charge in [-0.15, -0.1) is 0 Å². The third kappa shape index (κ3) is 2.89. The Hall–Kier alpha value is -1.28. The number of hydrogen-bond acceptors (Lipinski definition) is 2. The highest BCUT2D eigenvalue weighted by Gasteiger charge is 2.14. The minimum Gasteiger partial charge on any atom is -0.361 e. The molecule has 0 heterocycles. The van der Waals surface area contributed by atoms with Gasteiger partial charge in [0.15, 0.2) is 5.78 Å². The number of ketones is 1. The van der Waals surface area contributed by atoms with Gasteiger partial charge >= 0.3 is 0 Å². The molecule has 0 atom stereocenters. The largest absolute Gasteiger partial charge is 0.361 e. The molecule has 90 valence electrons. The molecule has 1 aromatic rings. The molecule has 0 amide bonds. The van der Waals surface area contributed by atoms with Crippen molar-refractivity contribution in [2.45, 2.75) is 32.6 Å². The van der Waals surface area contributed by atoms with E-state index < -0.39 is 0 Å². The molecular weight excluding hydrogens is 234 g/mol. The first-order valence-electron chi connectivity index (χ1n) is 5.92. The number of carbonyl (C=O) groups is 1. The number of rotatable bonds is 2. The van der Waals surface area contributed by atoms with Gasteiger partial charge < -0.3 is 5.32 Å². The van der Waals surface area contributed by atoms with Crippen molar-refractivity contribution in [1.29, 1.82) is 0 Å². The molecule has 1 fully saturated rings. The summed E-state index contributed by atoms with van der Waals surface area (Å²) in [6, 6.07) is 5.73. The summed E-state index contributed by atoms with van der Waals surface area (Å²) in [6.07, 6.45) is 5.52. The fraction of sp³-hybridized carbons (Fsp3) is 0.357. The number of benzene rings is 1. The fourth-order valence-corrected chi connectivity index (χ4v) is 2.16. The third-order valence-corrected chi connectivity index (χ3v) is 3.54. The van der Waals surface area contributed by atoms with Crippen molar-refractivity contribution in [3.63, 3.8) is 0 Å². The molecule has 1 N–H and O–H groups in total. The van der Waals surface area contributed by atoms with E-state index in [1.54, 1.807) is 0 Å². The number of nitrogens with one attached hydrogen (secondary N) is 1. The van der Waals surface area contributed by atoms with Gasteiger partial charge in [0.1, 0.15) is 0 Å². The topological polar surface area (TPSA) is 29.1 Å². The number of carbonyl (C=O) groups excluding carboxylic acids is 1. The molecule has 0 saturated heterocycles. The van der Waals surface area contributed by atoms with E-state index in [1.165, 1.54) is 0 Å². The van der Waals surface area contributed by atoms with Gasteiger partial charge in [0, 0.05) is 28.9 Å². The lowest BCUT2D eigenvalue weighted by atomic mass is 9.94. The normalized spacial score (nSPS) is 18.5. The number of anilines is 1. The first-order valence-corrected chi connectivity index (χ1v) is 6.30. The van der Waals surface area contributed by atoms with E-state index in [4.69, 9.17) is 11.6 Å². The summed E-state index contributed by atoms with van der Waals surface area (Å²) < 4.78 is 0. The number of Topliss-reactive ketones (excluding diaryl/α,β-unsaturated/α-hetero) is 1. The van der Waals surface area contributed by atoms with E-state index in [-0.39, 0.29) is 5.78 Å². The van der Waals surface area contributed by atoms with Crippen molar-refractivity contribution in [1.82, 2.24) is 0 Å². The van der Waals surface area contributed by atoms with Crippen LogP contribution in [0.1, 0.15) is 31.2 Å². The van der Waals surface area contributed by atoms with Crippen LogP contribution in [0.15, 0.2) is 30.0 Å². The van der Waals surface area contributed by atoms with E-state index in [0.717, 1.165) is 41.1 Å². The summed E-state index contributed by atoms with van der Waals surface area (Å²) in [7, 11) is 0. The zero-order valence-electron chi connectivity index (χ0n) is 9.92. The molecule has 1 aliphatic carbocycles. The average molecular weight is 250 g/mol. The Morgan fingerprint density at radius 1 is 1.29 bits per heavy atom. The summed E-state index contributed by atoms with van der Waals surface area (Å²) in [4.78, 5) is 11.6. The minimum absolute atomic E-state index is 0.267. The SMILES string of the molecule is Cc1c(Cl)cccc1NC=C1CCCCC1=O. The Kier molecular flexibility index (Phi) is 3.85. The lowest BCUT2D eigenvalue weighted by molar-refractivity contribution is -0.116. The molecule has 3 heteroatoms. The van der Waals surface area contributed by atoms with Crippen molar-refractivity contribution in [3.8, 4) is 0 Å². The van der Waals surface area contributed by atoms with E-state index in [2.05, 4.69) is 5.32 Å². The van der Waals surface area contributed by atoms with Crippen LogP contribution in [0, 0.1) is 6.92 Å². The van der Waals surface area contributed by atoms with Crippen molar-refractivity contribution < 1.29 is 4.79 Å². The predicted molar refractivity (Wildman–Crippen MR) is 71.4 cm³/mol. The fourth-order valence-electron chi connectivity index (χ4n) is 1.98. The van der Waals surface area contributed by atoms with E-state index in [0.29, 0.717) is 6.42 Å². The molecule has 2 nitrogen and oxygen atoms in total. The lowest BCUT2D eigenvalue weighted by Gasteiger charge is -2.13. The van der Waals surface area contributed by atoms with E-state index in [1.807, 2.05) is 31.3 Å². The molecular formula is C14H16ClNO. The van der Waals surface area contributed by atoms with Gasteiger partial charge in [-0.25, -0.2) is 0 Å². The monoisotopic (exact) mass is 249 g/mol. The summed E-state index contributed by atoms with van der Waals surface area (Å²) in [6.45, 7) is 1.96. The van der Waals surface area contributed by atoms with Gasteiger partial charge in [-0.2, -0.15) is 0 Å². The van der Waals surface area contributed by atoms with Crippen molar-refractivity contribution in [3.05, 3.63) is 40.6 Å². The van der Waals surface area contributed by atoms with Crippen LogP contribution in [-0.4, -0.2) is 5.78 Å². The van der Waals surface area contributed by atoms with Crippen molar-refractivity contribution in [2.75, 3.05) is 5.32 Å². The second-order valence-electron chi connectivity index (χ2n) is 4.36. The van der Waals surface area contributed by atoms with Crippen LogP contribution in [0.3, 0.4) is 0 Å². The molecule has 1 aliphatic rings. The second-order valence-corrected chi connectivity index (χ2v) is 4.76. The van der Waals surface area contributed by atoms with Crippen LogP contribution in [0.5, 0.6) is 0 Å². The Morgan fingerprint density at radius 2 is 2.06 bits per heavy atom. The zero-order chi connectivity index (χ0) is 12.3. The number of allylic oxidation sites excluding steroid dienone is 1. The Balaban J connectivity index is 2.13. The number of hydrogen-bond donors (Lipinski definition) is 1. The van der Waals surface area contributed by atoms with Gasteiger partial charge in [-0.05, 0) is 43.9 Å². The molecule has 0 aliphatic heterocycles. The maximum absolute atomic E-state index is 11.6. The van der Waals surface area contributed by atoms with Gasteiger partial charge in [-0.3, -0.25) is 4.79 Å². The summed E-state index contributed by atoms with van der Waals surface area (Å²) in [5, 5.41) is 3.93. The highest BCUT2D eigenvalue weighted by molar-refractivity contribution is 6.31. The van der Waals surface area contributed by atoms with Crippen LogP contribution in [0.4, 0.5) is 5.69 Å². The third-order valence-electron chi connectivity index (χ3n) is 3.13. The highest BCUT2D eigenvalue weighted by atomic mass is 35.5. The smallest absolute Gasteiger partial charge is 0.160 e.